The molecule has 0 aromatic rings. The van der Waals surface area contributed by atoms with Gasteiger partial charge in [0, 0.05) is 19.3 Å². The smallest absolute Gasteiger partial charge is 0.306 e. The SMILES string of the molecule is CC/C=C\C/C=C\C/C=C\C/C=C\CCCCC(=O)OCC(COC(=O)CCCCCCCC)OC(=O)CCCCCCC/C=C\CCCCCCCC. The van der Waals surface area contributed by atoms with Crippen molar-refractivity contribution in [1.29, 1.82) is 0 Å². The van der Waals surface area contributed by atoms with Gasteiger partial charge >= 0.3 is 17.9 Å². The highest BCUT2D eigenvalue weighted by Gasteiger charge is 2.19. The Balaban J connectivity index is 4.37. The lowest BCUT2D eigenvalue weighted by molar-refractivity contribution is -0.167. The van der Waals surface area contributed by atoms with Gasteiger partial charge in [0.05, 0.1) is 0 Å². The van der Waals surface area contributed by atoms with E-state index in [9.17, 15) is 14.4 Å². The highest BCUT2D eigenvalue weighted by molar-refractivity contribution is 5.71. The van der Waals surface area contributed by atoms with Crippen LogP contribution in [0.15, 0.2) is 60.8 Å². The summed E-state index contributed by atoms with van der Waals surface area (Å²) in [5.74, 6) is -0.957. The second kappa shape index (κ2) is 42.8. The number of carbonyl (C=O) groups is 3. The maximum Gasteiger partial charge on any atom is 0.306 e. The van der Waals surface area contributed by atoms with Crippen molar-refractivity contribution in [2.24, 2.45) is 0 Å². The van der Waals surface area contributed by atoms with Crippen LogP contribution in [-0.4, -0.2) is 37.2 Å². The Morgan fingerprint density at radius 1 is 0.389 bits per heavy atom. The van der Waals surface area contributed by atoms with Crippen LogP contribution in [0.5, 0.6) is 0 Å². The third kappa shape index (κ3) is 40.3. The topological polar surface area (TPSA) is 78.9 Å². The van der Waals surface area contributed by atoms with E-state index in [1.54, 1.807) is 0 Å². The molecular formula is C48H82O6. The van der Waals surface area contributed by atoms with Crippen LogP contribution < -0.4 is 0 Å². The number of ether oxygens (including phenoxy) is 3. The number of rotatable bonds is 39. The first-order valence-electron chi connectivity index (χ1n) is 22.3. The van der Waals surface area contributed by atoms with Crippen LogP contribution in [0.3, 0.4) is 0 Å². The number of hydrogen-bond acceptors (Lipinski definition) is 6. The Morgan fingerprint density at radius 3 is 1.19 bits per heavy atom. The van der Waals surface area contributed by atoms with Gasteiger partial charge in [-0.25, -0.2) is 0 Å². The first-order chi connectivity index (χ1) is 26.5. The fraction of sp³-hybridized carbons (Fsp3) is 0.729. The Bertz CT molecular complexity index is 1010. The Kier molecular flexibility index (Phi) is 40.6. The van der Waals surface area contributed by atoms with Gasteiger partial charge in [0.2, 0.25) is 0 Å². The minimum atomic E-state index is -0.789. The molecule has 0 aromatic heterocycles. The lowest BCUT2D eigenvalue weighted by Gasteiger charge is -2.18. The maximum atomic E-state index is 12.7. The van der Waals surface area contributed by atoms with Gasteiger partial charge < -0.3 is 14.2 Å². The molecule has 0 bridgehead atoms. The molecule has 0 aliphatic heterocycles. The van der Waals surface area contributed by atoms with Crippen molar-refractivity contribution >= 4 is 17.9 Å². The van der Waals surface area contributed by atoms with Gasteiger partial charge in [-0.2, -0.15) is 0 Å². The molecule has 1 unspecified atom stereocenters. The highest BCUT2D eigenvalue weighted by Crippen LogP contribution is 2.12. The van der Waals surface area contributed by atoms with Crippen molar-refractivity contribution in [2.45, 2.75) is 213 Å². The van der Waals surface area contributed by atoms with Gasteiger partial charge in [0.15, 0.2) is 6.10 Å². The van der Waals surface area contributed by atoms with Gasteiger partial charge in [-0.05, 0) is 83.5 Å². The van der Waals surface area contributed by atoms with E-state index >= 15 is 0 Å². The van der Waals surface area contributed by atoms with E-state index in [0.29, 0.717) is 19.3 Å². The van der Waals surface area contributed by atoms with Crippen LogP contribution in [0.25, 0.3) is 0 Å². The molecule has 1 atom stereocenters. The van der Waals surface area contributed by atoms with Gasteiger partial charge in [-0.1, -0.05) is 165 Å². The van der Waals surface area contributed by atoms with Crippen molar-refractivity contribution in [2.75, 3.05) is 13.2 Å². The summed E-state index contributed by atoms with van der Waals surface area (Å²) in [6.07, 6.45) is 50.8. The van der Waals surface area contributed by atoms with Crippen LogP contribution in [0.2, 0.25) is 0 Å². The second-order valence-corrected chi connectivity index (χ2v) is 14.6. The van der Waals surface area contributed by atoms with Crippen LogP contribution in [0, 0.1) is 0 Å². The standard InChI is InChI=1S/C48H82O6/c1-4-7-10-13-16-18-20-22-24-26-28-30-32-35-38-41-47(50)53-44-45(43-52-46(49)40-37-34-15-12-9-6-3)54-48(51)42-39-36-33-31-29-27-25-23-21-19-17-14-11-8-5-2/h7,10,16,18,22-25,28,30,45H,4-6,8-9,11-15,17,19-21,26-27,29,31-44H2,1-3H3/b10-7-,18-16-,24-22-,25-23-,30-28-. The summed E-state index contributed by atoms with van der Waals surface area (Å²) in [4.78, 5) is 37.5. The van der Waals surface area contributed by atoms with Crippen LogP contribution in [0.4, 0.5) is 0 Å². The normalized spacial score (nSPS) is 12.6. The lowest BCUT2D eigenvalue weighted by atomic mass is 10.1. The summed E-state index contributed by atoms with van der Waals surface area (Å²) < 4.78 is 16.6. The van der Waals surface area contributed by atoms with E-state index in [-0.39, 0.29) is 31.1 Å². The van der Waals surface area contributed by atoms with E-state index in [1.807, 2.05) is 0 Å². The fourth-order valence-electron chi connectivity index (χ4n) is 5.90. The van der Waals surface area contributed by atoms with E-state index in [4.69, 9.17) is 14.2 Å². The number of esters is 3. The molecule has 0 amide bonds. The molecule has 0 spiro atoms. The van der Waals surface area contributed by atoms with Crippen molar-refractivity contribution in [1.82, 2.24) is 0 Å². The fourth-order valence-corrected chi connectivity index (χ4v) is 5.90. The van der Waals surface area contributed by atoms with Gasteiger partial charge in [-0.3, -0.25) is 14.4 Å². The number of hydrogen-bond donors (Lipinski definition) is 0. The Morgan fingerprint density at radius 2 is 0.722 bits per heavy atom. The van der Waals surface area contributed by atoms with Crippen molar-refractivity contribution < 1.29 is 28.6 Å². The first kappa shape index (κ1) is 51.1. The van der Waals surface area contributed by atoms with Gasteiger partial charge in [-0.15, -0.1) is 0 Å². The zero-order valence-corrected chi connectivity index (χ0v) is 35.2. The summed E-state index contributed by atoms with van der Waals surface area (Å²) in [6.45, 7) is 6.39. The Hall–Kier alpha value is -2.89. The molecule has 54 heavy (non-hydrogen) atoms. The largest absolute Gasteiger partial charge is 0.462 e. The summed E-state index contributed by atoms with van der Waals surface area (Å²) in [5, 5.41) is 0. The molecule has 310 valence electrons. The minimum absolute atomic E-state index is 0.0914. The minimum Gasteiger partial charge on any atom is -0.462 e. The van der Waals surface area contributed by atoms with E-state index in [2.05, 4.69) is 81.5 Å². The van der Waals surface area contributed by atoms with Crippen molar-refractivity contribution in [3.05, 3.63) is 60.8 Å². The number of allylic oxidation sites excluding steroid dienone is 10. The first-order valence-corrected chi connectivity index (χ1v) is 22.3. The molecule has 0 saturated carbocycles. The number of carbonyl (C=O) groups excluding carboxylic acids is 3. The zero-order chi connectivity index (χ0) is 39.4. The highest BCUT2D eigenvalue weighted by atomic mass is 16.6. The molecule has 0 aromatic carbocycles. The molecule has 0 fully saturated rings. The average Bonchev–Trinajstić information content (AvgIpc) is 3.17. The second-order valence-electron chi connectivity index (χ2n) is 14.6. The number of unbranched alkanes of at least 4 members (excludes halogenated alkanes) is 18. The third-order valence-corrected chi connectivity index (χ3v) is 9.26. The molecule has 0 rings (SSSR count). The third-order valence-electron chi connectivity index (χ3n) is 9.26. The molecule has 0 radical (unpaired) electrons. The molecule has 6 nitrogen and oxygen atoms in total. The quantitative estimate of drug-likeness (QED) is 0.0269. The summed E-state index contributed by atoms with van der Waals surface area (Å²) in [5.41, 5.74) is 0. The van der Waals surface area contributed by atoms with Crippen LogP contribution in [0.1, 0.15) is 207 Å². The molecule has 0 heterocycles. The van der Waals surface area contributed by atoms with Crippen molar-refractivity contribution in [3.63, 3.8) is 0 Å². The predicted molar refractivity (Wildman–Crippen MR) is 228 cm³/mol. The molecule has 0 aliphatic carbocycles. The van der Waals surface area contributed by atoms with Crippen LogP contribution >= 0.6 is 0 Å². The lowest BCUT2D eigenvalue weighted by Crippen LogP contribution is -2.30. The summed E-state index contributed by atoms with van der Waals surface area (Å²) in [6, 6.07) is 0. The van der Waals surface area contributed by atoms with Gasteiger partial charge in [0.25, 0.3) is 0 Å². The molecule has 0 saturated heterocycles. The van der Waals surface area contributed by atoms with E-state index < -0.39 is 6.10 Å². The molecule has 0 aliphatic rings. The van der Waals surface area contributed by atoms with Crippen LogP contribution in [-0.2, 0) is 28.6 Å². The summed E-state index contributed by atoms with van der Waals surface area (Å²) >= 11 is 0. The Labute approximate surface area is 332 Å². The van der Waals surface area contributed by atoms with E-state index in [0.717, 1.165) is 96.3 Å². The maximum absolute atomic E-state index is 12.7. The average molecular weight is 755 g/mol. The molecular weight excluding hydrogens is 673 g/mol. The predicted octanol–water partition coefficient (Wildman–Crippen LogP) is 14.1. The van der Waals surface area contributed by atoms with Gasteiger partial charge in [0.1, 0.15) is 13.2 Å². The monoisotopic (exact) mass is 755 g/mol. The van der Waals surface area contributed by atoms with E-state index in [1.165, 1.54) is 70.6 Å². The molecule has 0 N–H and O–H groups in total. The molecule has 6 heteroatoms. The zero-order valence-electron chi connectivity index (χ0n) is 35.2. The van der Waals surface area contributed by atoms with Crippen molar-refractivity contribution in [3.8, 4) is 0 Å². The summed E-state index contributed by atoms with van der Waals surface area (Å²) in [7, 11) is 0.